The summed E-state index contributed by atoms with van der Waals surface area (Å²) in [4.78, 5) is 23.4. The van der Waals surface area contributed by atoms with Crippen molar-refractivity contribution in [2.75, 3.05) is 5.32 Å². The molecule has 0 heterocycles. The zero-order valence-electron chi connectivity index (χ0n) is 11.5. The molecule has 0 radical (unpaired) electrons. The van der Waals surface area contributed by atoms with Gasteiger partial charge in [0.15, 0.2) is 0 Å². The molecule has 1 aromatic carbocycles. The van der Waals surface area contributed by atoms with Crippen LogP contribution in [0.5, 0.6) is 0 Å². The Balaban J connectivity index is 2.84. The molecule has 0 bridgehead atoms. The van der Waals surface area contributed by atoms with E-state index in [9.17, 15) is 14.7 Å². The first-order valence-corrected chi connectivity index (χ1v) is 7.61. The molecule has 0 saturated carbocycles. The van der Waals surface area contributed by atoms with Gasteiger partial charge in [-0.15, -0.1) is 0 Å². The van der Waals surface area contributed by atoms with Crippen molar-refractivity contribution in [1.29, 1.82) is 0 Å². The molecule has 0 spiro atoms. The molecule has 1 unspecified atom stereocenters. The zero-order chi connectivity index (χ0) is 15.5. The molecule has 1 amide bonds. The number of carboxylic acid groups (broad SMARTS) is 1. The lowest BCUT2D eigenvalue weighted by molar-refractivity contribution is -0.153. The summed E-state index contributed by atoms with van der Waals surface area (Å²) in [5.41, 5.74) is -0.446. The average molecular weight is 410 g/mol. The van der Waals surface area contributed by atoms with Crippen LogP contribution in [0, 0.1) is 14.9 Å². The first kappa shape index (κ1) is 17.2. The third-order valence-electron chi connectivity index (χ3n) is 3.50. The minimum atomic E-state index is -1.08. The number of rotatable bonds is 5. The van der Waals surface area contributed by atoms with Crippen LogP contribution in [-0.4, -0.2) is 17.0 Å². The Bertz CT molecular complexity index is 533. The second kappa shape index (κ2) is 6.76. The molecule has 6 heteroatoms. The predicted octanol–water partition coefficient (Wildman–Crippen LogP) is 4.02. The van der Waals surface area contributed by atoms with Crippen LogP contribution in [-0.2, 0) is 9.59 Å². The van der Waals surface area contributed by atoms with Crippen molar-refractivity contribution in [3.8, 4) is 0 Å². The predicted molar refractivity (Wildman–Crippen MR) is 88.0 cm³/mol. The Morgan fingerprint density at radius 2 is 2.05 bits per heavy atom. The molecule has 0 saturated heterocycles. The van der Waals surface area contributed by atoms with Crippen LogP contribution in [0.25, 0.3) is 0 Å². The van der Waals surface area contributed by atoms with E-state index in [4.69, 9.17) is 11.6 Å². The summed E-state index contributed by atoms with van der Waals surface area (Å²) in [6.45, 7) is 5.19. The first-order valence-electron chi connectivity index (χ1n) is 6.15. The van der Waals surface area contributed by atoms with Gasteiger partial charge in [0.25, 0.3) is 0 Å². The maximum absolute atomic E-state index is 12.1. The summed E-state index contributed by atoms with van der Waals surface area (Å²) in [7, 11) is 0. The fourth-order valence-electron chi connectivity index (χ4n) is 1.65. The van der Waals surface area contributed by atoms with Crippen LogP contribution in [0.1, 0.15) is 27.2 Å². The van der Waals surface area contributed by atoms with Crippen molar-refractivity contribution < 1.29 is 14.7 Å². The van der Waals surface area contributed by atoms with Crippen LogP contribution in [0.3, 0.4) is 0 Å². The lowest BCUT2D eigenvalue weighted by Crippen LogP contribution is -2.37. The van der Waals surface area contributed by atoms with Gasteiger partial charge in [-0.1, -0.05) is 25.4 Å². The Labute approximate surface area is 137 Å². The number of amides is 1. The van der Waals surface area contributed by atoms with Crippen LogP contribution >= 0.6 is 34.2 Å². The van der Waals surface area contributed by atoms with E-state index >= 15 is 0 Å². The van der Waals surface area contributed by atoms with Crippen molar-refractivity contribution in [2.45, 2.75) is 27.2 Å². The third kappa shape index (κ3) is 4.09. The number of carboxylic acids is 1. The van der Waals surface area contributed by atoms with E-state index in [-0.39, 0.29) is 18.2 Å². The molecule has 0 fully saturated rings. The van der Waals surface area contributed by atoms with Crippen molar-refractivity contribution in [2.24, 2.45) is 11.3 Å². The van der Waals surface area contributed by atoms with E-state index in [1.165, 1.54) is 0 Å². The Morgan fingerprint density at radius 1 is 1.45 bits per heavy atom. The quantitative estimate of drug-likeness (QED) is 0.722. The Kier molecular flexibility index (Phi) is 5.82. The smallest absolute Gasteiger partial charge is 0.310 e. The summed E-state index contributed by atoms with van der Waals surface area (Å²) < 4.78 is 0.810. The number of carbonyl (C=O) groups excluding carboxylic acids is 1. The van der Waals surface area contributed by atoms with Gasteiger partial charge in [-0.3, -0.25) is 9.59 Å². The number of carbonyl (C=O) groups is 2. The first-order chi connectivity index (χ1) is 9.16. The number of hydrogen-bond acceptors (Lipinski definition) is 2. The van der Waals surface area contributed by atoms with Crippen molar-refractivity contribution in [1.82, 2.24) is 0 Å². The fraction of sp³-hybridized carbons (Fsp3) is 0.429. The monoisotopic (exact) mass is 409 g/mol. The number of nitrogens with one attached hydrogen (secondary N) is 1. The molecule has 1 atom stereocenters. The highest BCUT2D eigenvalue weighted by Crippen LogP contribution is 2.32. The molecule has 0 aromatic heterocycles. The topological polar surface area (TPSA) is 66.4 Å². The minimum Gasteiger partial charge on any atom is -0.481 e. The van der Waals surface area contributed by atoms with E-state index in [2.05, 4.69) is 27.9 Å². The molecular weight excluding hydrogens is 393 g/mol. The molecule has 2 N–H and O–H groups in total. The summed E-state index contributed by atoms with van der Waals surface area (Å²) in [5.74, 6) is -1.42. The Morgan fingerprint density at radius 3 is 2.50 bits per heavy atom. The lowest BCUT2D eigenvalue weighted by Gasteiger charge is -2.28. The van der Waals surface area contributed by atoms with Gasteiger partial charge in [-0.25, -0.2) is 0 Å². The van der Waals surface area contributed by atoms with Crippen molar-refractivity contribution in [3.63, 3.8) is 0 Å². The van der Waals surface area contributed by atoms with Gasteiger partial charge < -0.3 is 10.4 Å². The normalized spacial score (nSPS) is 13.9. The lowest BCUT2D eigenvalue weighted by atomic mass is 9.76. The second-order valence-corrected chi connectivity index (χ2v) is 6.83. The maximum atomic E-state index is 12.1. The zero-order valence-corrected chi connectivity index (χ0v) is 14.4. The van der Waals surface area contributed by atoms with E-state index in [0.29, 0.717) is 10.7 Å². The second-order valence-electron chi connectivity index (χ2n) is 5.23. The molecule has 0 aliphatic heterocycles. The van der Waals surface area contributed by atoms with Crippen molar-refractivity contribution >= 4 is 51.8 Å². The van der Waals surface area contributed by atoms with E-state index in [0.717, 1.165) is 3.57 Å². The fourth-order valence-corrected chi connectivity index (χ4v) is 2.65. The van der Waals surface area contributed by atoms with E-state index < -0.39 is 11.4 Å². The maximum Gasteiger partial charge on any atom is 0.310 e. The van der Waals surface area contributed by atoms with Crippen LogP contribution < -0.4 is 5.32 Å². The molecular formula is C14H17ClINO3. The van der Waals surface area contributed by atoms with Gasteiger partial charge in [0.1, 0.15) is 0 Å². The van der Waals surface area contributed by atoms with E-state index in [1.807, 2.05) is 0 Å². The summed E-state index contributed by atoms with van der Waals surface area (Å²) in [5, 5.41) is 12.6. The van der Waals surface area contributed by atoms with Gasteiger partial charge in [0.05, 0.1) is 11.1 Å². The third-order valence-corrected chi connectivity index (χ3v) is 4.62. The van der Waals surface area contributed by atoms with Gasteiger partial charge in [0, 0.05) is 15.0 Å². The van der Waals surface area contributed by atoms with Gasteiger partial charge in [0.2, 0.25) is 5.91 Å². The minimum absolute atomic E-state index is 0.0707. The number of halogens is 2. The largest absolute Gasteiger partial charge is 0.481 e. The number of aliphatic carboxylic acids is 1. The number of benzene rings is 1. The van der Waals surface area contributed by atoms with Crippen LogP contribution in [0.2, 0.25) is 5.02 Å². The summed E-state index contributed by atoms with van der Waals surface area (Å²) >= 11 is 7.92. The van der Waals surface area contributed by atoms with Gasteiger partial charge in [-0.2, -0.15) is 0 Å². The Hall–Kier alpha value is -0.820. The highest BCUT2D eigenvalue weighted by atomic mass is 127. The summed E-state index contributed by atoms with van der Waals surface area (Å²) in [6, 6.07) is 5.12. The molecule has 110 valence electrons. The molecule has 1 aromatic rings. The molecule has 0 aliphatic rings. The molecule has 0 aliphatic carbocycles. The standard InChI is InChI=1S/C14H17ClINO3/c1-8(2)14(3,13(19)20)7-12(18)17-11-5-4-9(15)6-10(11)16/h4-6,8H,7H2,1-3H3,(H,17,18)(H,19,20). The molecule has 4 nitrogen and oxygen atoms in total. The SMILES string of the molecule is CC(C)C(C)(CC(=O)Nc1ccc(Cl)cc1I)C(=O)O. The van der Waals surface area contributed by atoms with Crippen molar-refractivity contribution in [3.05, 3.63) is 26.8 Å². The highest BCUT2D eigenvalue weighted by Gasteiger charge is 2.38. The van der Waals surface area contributed by atoms with Crippen LogP contribution in [0.4, 0.5) is 5.69 Å². The van der Waals surface area contributed by atoms with Gasteiger partial charge in [-0.05, 0) is 53.6 Å². The molecule has 20 heavy (non-hydrogen) atoms. The average Bonchev–Trinajstić information content (AvgIpc) is 2.32. The number of hydrogen-bond donors (Lipinski definition) is 2. The molecule has 1 rings (SSSR count). The van der Waals surface area contributed by atoms with Gasteiger partial charge >= 0.3 is 5.97 Å². The highest BCUT2D eigenvalue weighted by molar-refractivity contribution is 14.1. The number of anilines is 1. The van der Waals surface area contributed by atoms with Crippen LogP contribution in [0.15, 0.2) is 18.2 Å². The summed E-state index contributed by atoms with van der Waals surface area (Å²) in [6.07, 6.45) is -0.0707. The van der Waals surface area contributed by atoms with E-state index in [1.54, 1.807) is 39.0 Å².